The van der Waals surface area contributed by atoms with Gasteiger partial charge in [-0.15, -0.1) is 0 Å². The number of carboxylic acid groups (broad SMARTS) is 1. The first-order valence-corrected chi connectivity index (χ1v) is 6.50. The summed E-state index contributed by atoms with van der Waals surface area (Å²) >= 11 is 1.52. The molecule has 0 atom stereocenters. The second kappa shape index (κ2) is 5.67. The number of aliphatic carboxylic acids is 1. The van der Waals surface area contributed by atoms with Crippen LogP contribution in [-0.4, -0.2) is 11.1 Å². The van der Waals surface area contributed by atoms with Crippen molar-refractivity contribution in [3.63, 3.8) is 0 Å². The van der Waals surface area contributed by atoms with E-state index in [1.54, 1.807) is 12.1 Å². The number of rotatable bonds is 4. The Bertz CT molecular complexity index is 597. The molecule has 0 radical (unpaired) electrons. The SMILES string of the molecule is Nc1ccc(Sc2ccc(CC(=O)O)cc2)c(N)c1. The van der Waals surface area contributed by atoms with Crippen molar-refractivity contribution in [1.29, 1.82) is 0 Å². The van der Waals surface area contributed by atoms with Crippen LogP contribution in [0.3, 0.4) is 0 Å². The van der Waals surface area contributed by atoms with Crippen LogP contribution >= 0.6 is 11.8 Å². The van der Waals surface area contributed by atoms with Gasteiger partial charge in [-0.1, -0.05) is 23.9 Å². The second-order valence-corrected chi connectivity index (χ2v) is 5.23. The van der Waals surface area contributed by atoms with Gasteiger partial charge in [0.1, 0.15) is 0 Å². The molecule has 2 aromatic carbocycles. The summed E-state index contributed by atoms with van der Waals surface area (Å²) in [5.74, 6) is -0.830. The van der Waals surface area contributed by atoms with Crippen LogP contribution < -0.4 is 11.5 Å². The van der Waals surface area contributed by atoms with E-state index in [2.05, 4.69) is 0 Å². The van der Waals surface area contributed by atoms with Crippen LogP contribution in [0.5, 0.6) is 0 Å². The van der Waals surface area contributed by atoms with Gasteiger partial charge in [0, 0.05) is 21.2 Å². The molecular weight excluding hydrogens is 260 g/mol. The van der Waals surface area contributed by atoms with Crippen molar-refractivity contribution >= 4 is 29.1 Å². The van der Waals surface area contributed by atoms with Gasteiger partial charge >= 0.3 is 5.97 Å². The Labute approximate surface area is 115 Å². The molecule has 5 N–H and O–H groups in total. The number of benzene rings is 2. The number of nitrogens with two attached hydrogens (primary N) is 2. The van der Waals surface area contributed by atoms with Crippen LogP contribution in [-0.2, 0) is 11.2 Å². The van der Waals surface area contributed by atoms with Gasteiger partial charge in [-0.05, 0) is 35.9 Å². The lowest BCUT2D eigenvalue weighted by molar-refractivity contribution is -0.136. The molecule has 0 spiro atoms. The van der Waals surface area contributed by atoms with Gasteiger partial charge in [-0.25, -0.2) is 0 Å². The van der Waals surface area contributed by atoms with Crippen LogP contribution in [0.2, 0.25) is 0 Å². The summed E-state index contributed by atoms with van der Waals surface area (Å²) in [6, 6.07) is 12.8. The minimum atomic E-state index is -0.830. The minimum Gasteiger partial charge on any atom is -0.481 e. The highest BCUT2D eigenvalue weighted by Crippen LogP contribution is 2.33. The van der Waals surface area contributed by atoms with E-state index in [0.717, 1.165) is 15.4 Å². The van der Waals surface area contributed by atoms with Gasteiger partial charge in [0.2, 0.25) is 0 Å². The topological polar surface area (TPSA) is 89.3 Å². The predicted molar refractivity (Wildman–Crippen MR) is 77.2 cm³/mol. The molecule has 98 valence electrons. The molecule has 0 aliphatic heterocycles. The Kier molecular flexibility index (Phi) is 3.97. The van der Waals surface area contributed by atoms with E-state index in [1.807, 2.05) is 30.3 Å². The van der Waals surface area contributed by atoms with Gasteiger partial charge < -0.3 is 16.6 Å². The molecule has 5 heteroatoms. The van der Waals surface area contributed by atoms with E-state index in [4.69, 9.17) is 16.6 Å². The fraction of sp³-hybridized carbons (Fsp3) is 0.0714. The highest BCUT2D eigenvalue weighted by atomic mass is 32.2. The molecule has 0 saturated carbocycles. The van der Waals surface area contributed by atoms with Crippen molar-refractivity contribution in [3.8, 4) is 0 Å². The Morgan fingerprint density at radius 2 is 1.79 bits per heavy atom. The fourth-order valence-electron chi connectivity index (χ4n) is 1.64. The maximum Gasteiger partial charge on any atom is 0.307 e. The molecule has 0 bridgehead atoms. The highest BCUT2D eigenvalue weighted by Gasteiger charge is 2.04. The number of hydrogen-bond donors (Lipinski definition) is 3. The number of hydrogen-bond acceptors (Lipinski definition) is 4. The van der Waals surface area contributed by atoms with E-state index in [0.29, 0.717) is 11.4 Å². The lowest BCUT2D eigenvalue weighted by Crippen LogP contribution is -1.99. The quantitative estimate of drug-likeness (QED) is 0.746. The molecule has 2 rings (SSSR count). The summed E-state index contributed by atoms with van der Waals surface area (Å²) in [5, 5.41) is 8.70. The molecule has 0 amide bonds. The van der Waals surface area contributed by atoms with E-state index in [9.17, 15) is 4.79 Å². The number of anilines is 2. The zero-order valence-electron chi connectivity index (χ0n) is 10.2. The molecule has 19 heavy (non-hydrogen) atoms. The Balaban J connectivity index is 2.13. The average molecular weight is 274 g/mol. The highest BCUT2D eigenvalue weighted by molar-refractivity contribution is 7.99. The maximum atomic E-state index is 10.6. The molecule has 0 heterocycles. The number of nitrogen functional groups attached to an aromatic ring is 2. The molecule has 0 unspecified atom stereocenters. The average Bonchev–Trinajstić information content (AvgIpc) is 2.34. The molecule has 2 aromatic rings. The first-order valence-electron chi connectivity index (χ1n) is 5.68. The Morgan fingerprint density at radius 1 is 1.11 bits per heavy atom. The molecule has 0 aromatic heterocycles. The first-order chi connectivity index (χ1) is 9.04. The van der Waals surface area contributed by atoms with Crippen molar-refractivity contribution in [3.05, 3.63) is 48.0 Å². The minimum absolute atomic E-state index is 0.0367. The summed E-state index contributed by atoms with van der Waals surface area (Å²) in [4.78, 5) is 12.5. The largest absolute Gasteiger partial charge is 0.481 e. The molecular formula is C14H14N2O2S. The predicted octanol–water partition coefficient (Wildman–Crippen LogP) is 2.63. The van der Waals surface area contributed by atoms with E-state index in [-0.39, 0.29) is 6.42 Å². The van der Waals surface area contributed by atoms with Gasteiger partial charge in [-0.3, -0.25) is 4.79 Å². The normalized spacial score (nSPS) is 10.3. The van der Waals surface area contributed by atoms with E-state index in [1.165, 1.54) is 11.8 Å². The summed E-state index contributed by atoms with van der Waals surface area (Å²) < 4.78 is 0. The van der Waals surface area contributed by atoms with Gasteiger partial charge in [0.15, 0.2) is 0 Å². The van der Waals surface area contributed by atoms with Crippen molar-refractivity contribution in [2.24, 2.45) is 0 Å². The third kappa shape index (κ3) is 3.66. The molecule has 0 saturated heterocycles. The van der Waals surface area contributed by atoms with Crippen LogP contribution in [0.15, 0.2) is 52.3 Å². The molecule has 0 aliphatic carbocycles. The van der Waals surface area contributed by atoms with Crippen LogP contribution in [0.1, 0.15) is 5.56 Å². The third-order valence-electron chi connectivity index (χ3n) is 2.54. The molecule has 4 nitrogen and oxygen atoms in total. The summed E-state index contributed by atoms with van der Waals surface area (Å²) in [6.07, 6.45) is 0.0367. The van der Waals surface area contributed by atoms with Crippen LogP contribution in [0.25, 0.3) is 0 Å². The van der Waals surface area contributed by atoms with E-state index >= 15 is 0 Å². The van der Waals surface area contributed by atoms with Gasteiger partial charge in [0.05, 0.1) is 6.42 Å². The number of carboxylic acids is 1. The zero-order valence-corrected chi connectivity index (χ0v) is 11.0. The lowest BCUT2D eigenvalue weighted by atomic mass is 10.2. The summed E-state index contributed by atoms with van der Waals surface area (Å²) in [7, 11) is 0. The Hall–Kier alpha value is -2.14. The van der Waals surface area contributed by atoms with Crippen molar-refractivity contribution < 1.29 is 9.90 Å². The van der Waals surface area contributed by atoms with Crippen molar-refractivity contribution in [2.75, 3.05) is 11.5 Å². The smallest absolute Gasteiger partial charge is 0.307 e. The third-order valence-corrected chi connectivity index (χ3v) is 3.64. The van der Waals surface area contributed by atoms with Gasteiger partial charge in [0.25, 0.3) is 0 Å². The van der Waals surface area contributed by atoms with Crippen LogP contribution in [0, 0.1) is 0 Å². The summed E-state index contributed by atoms with van der Waals surface area (Å²) in [6.45, 7) is 0. The molecule has 0 fully saturated rings. The second-order valence-electron chi connectivity index (χ2n) is 4.11. The zero-order chi connectivity index (χ0) is 13.8. The maximum absolute atomic E-state index is 10.6. The van der Waals surface area contributed by atoms with Crippen LogP contribution in [0.4, 0.5) is 11.4 Å². The Morgan fingerprint density at radius 3 is 2.37 bits per heavy atom. The summed E-state index contributed by atoms with van der Waals surface area (Å²) in [5.41, 5.74) is 13.6. The van der Waals surface area contributed by atoms with Crippen molar-refractivity contribution in [1.82, 2.24) is 0 Å². The first kappa shape index (κ1) is 13.3. The lowest BCUT2D eigenvalue weighted by Gasteiger charge is -2.06. The monoisotopic (exact) mass is 274 g/mol. The van der Waals surface area contributed by atoms with Gasteiger partial charge in [-0.2, -0.15) is 0 Å². The fourth-order valence-corrected chi connectivity index (χ4v) is 2.48. The molecule has 0 aliphatic rings. The number of carbonyl (C=O) groups is 1. The van der Waals surface area contributed by atoms with E-state index < -0.39 is 5.97 Å². The standard InChI is InChI=1S/C14H14N2O2S/c15-10-3-6-13(12(16)8-10)19-11-4-1-9(2-5-11)7-14(17)18/h1-6,8H,7,15-16H2,(H,17,18). The van der Waals surface area contributed by atoms with Crippen molar-refractivity contribution in [2.45, 2.75) is 16.2 Å².